The van der Waals surface area contributed by atoms with Crippen LogP contribution in [0.3, 0.4) is 0 Å². The molecule has 0 radical (unpaired) electrons. The van der Waals surface area contributed by atoms with Gasteiger partial charge in [-0.1, -0.05) is 0 Å². The van der Waals surface area contributed by atoms with Crippen molar-refractivity contribution >= 4 is 28.4 Å². The lowest BCUT2D eigenvalue weighted by Crippen LogP contribution is -2.14. The predicted octanol–water partition coefficient (Wildman–Crippen LogP) is 3.65. The smallest absolute Gasteiger partial charge is 0.294 e. The predicted molar refractivity (Wildman–Crippen MR) is 54.1 cm³/mol. The van der Waals surface area contributed by atoms with E-state index in [2.05, 4.69) is 0 Å². The Bertz CT molecular complexity index is 411. The Kier molecular flexibility index (Phi) is 3.37. The molecule has 0 unspecified atom stereocenters. The summed E-state index contributed by atoms with van der Waals surface area (Å²) in [7, 11) is 0. The molecule has 1 aromatic carbocycles. The van der Waals surface area contributed by atoms with Crippen LogP contribution in [0, 0.1) is 9.39 Å². The summed E-state index contributed by atoms with van der Waals surface area (Å²) >= 11 is 1.39. The molecule has 0 aliphatic rings. The molecule has 15 heavy (non-hydrogen) atoms. The average Bonchev–Trinajstić information content (AvgIpc) is 2.06. The lowest BCUT2D eigenvalue weighted by molar-refractivity contribution is -0.138. The van der Waals surface area contributed by atoms with Crippen molar-refractivity contribution in [3.8, 4) is 0 Å². The number of halogens is 5. The zero-order chi connectivity index (χ0) is 11.8. The molecule has 0 spiro atoms. The minimum Gasteiger partial charge on any atom is -0.294 e. The van der Waals surface area contributed by atoms with Crippen LogP contribution in [0.1, 0.15) is 22.8 Å². The number of Topliss-reactive ketones (excluding diaryl/α,β-unsaturated/α-hetero) is 1. The molecule has 1 aromatic rings. The Morgan fingerprint density at radius 3 is 2.27 bits per heavy atom. The molecule has 0 saturated carbocycles. The van der Waals surface area contributed by atoms with E-state index in [-0.39, 0.29) is 3.57 Å². The van der Waals surface area contributed by atoms with E-state index < -0.39 is 28.9 Å². The minimum absolute atomic E-state index is 0.296. The Morgan fingerprint density at radius 2 is 1.87 bits per heavy atom. The summed E-state index contributed by atoms with van der Waals surface area (Å²) in [5.74, 6) is -1.62. The molecule has 0 fully saturated rings. The van der Waals surface area contributed by atoms with Crippen LogP contribution in [0.2, 0.25) is 0 Å². The number of ketones is 1. The zero-order valence-corrected chi connectivity index (χ0v) is 9.61. The third-order valence-corrected chi connectivity index (χ3v) is 2.81. The summed E-state index contributed by atoms with van der Waals surface area (Å²) in [5, 5.41) is 0. The molecule has 0 bridgehead atoms. The van der Waals surface area contributed by atoms with Crippen molar-refractivity contribution in [2.75, 3.05) is 0 Å². The Morgan fingerprint density at radius 1 is 1.33 bits per heavy atom. The fourth-order valence-electron chi connectivity index (χ4n) is 1.13. The Labute approximate surface area is 96.6 Å². The second-order valence-corrected chi connectivity index (χ2v) is 3.92. The lowest BCUT2D eigenvalue weighted by atomic mass is 10.0. The molecule has 0 aliphatic carbocycles. The SMILES string of the molecule is CC(=O)c1c(C(F)(F)F)ccc(F)c1I. The van der Waals surface area contributed by atoms with Crippen molar-refractivity contribution in [1.29, 1.82) is 0 Å². The molecular weight excluding hydrogens is 327 g/mol. The van der Waals surface area contributed by atoms with E-state index in [1.54, 1.807) is 0 Å². The van der Waals surface area contributed by atoms with Crippen LogP contribution in [0.25, 0.3) is 0 Å². The molecule has 0 saturated heterocycles. The maximum Gasteiger partial charge on any atom is 0.417 e. The number of benzene rings is 1. The highest BCUT2D eigenvalue weighted by atomic mass is 127. The molecule has 0 atom stereocenters. The largest absolute Gasteiger partial charge is 0.417 e. The summed E-state index contributed by atoms with van der Waals surface area (Å²) in [6.07, 6.45) is -4.64. The third kappa shape index (κ3) is 2.47. The van der Waals surface area contributed by atoms with E-state index in [0.29, 0.717) is 12.1 Å². The van der Waals surface area contributed by atoms with Gasteiger partial charge in [-0.05, 0) is 41.6 Å². The molecule has 0 heterocycles. The summed E-state index contributed by atoms with van der Waals surface area (Å²) in [4.78, 5) is 11.0. The maximum absolute atomic E-state index is 13.0. The van der Waals surface area contributed by atoms with Gasteiger partial charge in [0.1, 0.15) is 5.82 Å². The Balaban J connectivity index is 3.55. The van der Waals surface area contributed by atoms with Gasteiger partial charge in [0.05, 0.1) is 9.13 Å². The van der Waals surface area contributed by atoms with Crippen molar-refractivity contribution in [2.45, 2.75) is 13.1 Å². The number of carbonyl (C=O) groups excluding carboxylic acids is 1. The number of hydrogen-bond acceptors (Lipinski definition) is 1. The van der Waals surface area contributed by atoms with Crippen molar-refractivity contribution in [3.63, 3.8) is 0 Å². The van der Waals surface area contributed by atoms with Gasteiger partial charge in [-0.15, -0.1) is 0 Å². The quantitative estimate of drug-likeness (QED) is 0.436. The van der Waals surface area contributed by atoms with Crippen LogP contribution in [-0.2, 0) is 6.18 Å². The minimum atomic E-state index is -4.64. The molecular formula is C9H5F4IO. The van der Waals surface area contributed by atoms with Gasteiger partial charge in [-0.2, -0.15) is 13.2 Å². The van der Waals surface area contributed by atoms with Gasteiger partial charge in [0, 0.05) is 5.56 Å². The number of hydrogen-bond donors (Lipinski definition) is 0. The number of rotatable bonds is 1. The first-order valence-corrected chi connectivity index (χ1v) is 4.89. The van der Waals surface area contributed by atoms with E-state index in [9.17, 15) is 22.4 Å². The van der Waals surface area contributed by atoms with Gasteiger partial charge >= 0.3 is 6.18 Å². The zero-order valence-electron chi connectivity index (χ0n) is 7.45. The van der Waals surface area contributed by atoms with Crippen LogP contribution in [-0.4, -0.2) is 5.78 Å². The van der Waals surface area contributed by atoms with E-state index >= 15 is 0 Å². The van der Waals surface area contributed by atoms with Crippen LogP contribution in [0.15, 0.2) is 12.1 Å². The standard InChI is InChI=1S/C9H5F4IO/c1-4(15)7-5(9(11,12)13)2-3-6(10)8(7)14/h2-3H,1H3. The van der Waals surface area contributed by atoms with E-state index in [4.69, 9.17) is 0 Å². The average molecular weight is 332 g/mol. The maximum atomic E-state index is 13.0. The normalized spacial score (nSPS) is 11.6. The summed E-state index contributed by atoms with van der Waals surface area (Å²) < 4.78 is 50.0. The van der Waals surface area contributed by atoms with Crippen LogP contribution >= 0.6 is 22.6 Å². The molecule has 1 rings (SSSR count). The second-order valence-electron chi connectivity index (χ2n) is 2.84. The van der Waals surface area contributed by atoms with Crippen molar-refractivity contribution in [1.82, 2.24) is 0 Å². The summed E-state index contributed by atoms with van der Waals surface area (Å²) in [6.45, 7) is 0.978. The van der Waals surface area contributed by atoms with Crippen LogP contribution in [0.5, 0.6) is 0 Å². The van der Waals surface area contributed by atoms with Gasteiger partial charge in [0.15, 0.2) is 5.78 Å². The number of carbonyl (C=O) groups is 1. The summed E-state index contributed by atoms with van der Waals surface area (Å²) in [5.41, 5.74) is -1.70. The molecule has 0 amide bonds. The van der Waals surface area contributed by atoms with Crippen molar-refractivity contribution in [3.05, 3.63) is 32.6 Å². The highest BCUT2D eigenvalue weighted by Crippen LogP contribution is 2.34. The highest BCUT2D eigenvalue weighted by Gasteiger charge is 2.36. The molecule has 0 N–H and O–H groups in total. The van der Waals surface area contributed by atoms with Gasteiger partial charge in [0.2, 0.25) is 0 Å². The first-order valence-electron chi connectivity index (χ1n) is 3.81. The van der Waals surface area contributed by atoms with E-state index in [0.717, 1.165) is 6.92 Å². The topological polar surface area (TPSA) is 17.1 Å². The molecule has 0 aromatic heterocycles. The van der Waals surface area contributed by atoms with E-state index in [1.165, 1.54) is 22.6 Å². The first kappa shape index (κ1) is 12.4. The van der Waals surface area contributed by atoms with Gasteiger partial charge in [0.25, 0.3) is 0 Å². The summed E-state index contributed by atoms with van der Waals surface area (Å²) in [6, 6.07) is 1.28. The second kappa shape index (κ2) is 4.07. The fourth-order valence-corrected chi connectivity index (χ4v) is 1.98. The van der Waals surface area contributed by atoms with Crippen molar-refractivity contribution < 1.29 is 22.4 Å². The monoisotopic (exact) mass is 332 g/mol. The number of alkyl halides is 3. The van der Waals surface area contributed by atoms with Crippen LogP contribution < -0.4 is 0 Å². The van der Waals surface area contributed by atoms with Gasteiger partial charge < -0.3 is 0 Å². The molecule has 6 heteroatoms. The molecule has 1 nitrogen and oxygen atoms in total. The lowest BCUT2D eigenvalue weighted by Gasteiger charge is -2.12. The molecule has 82 valence electrons. The first-order chi connectivity index (χ1) is 6.75. The van der Waals surface area contributed by atoms with Gasteiger partial charge in [-0.3, -0.25) is 4.79 Å². The third-order valence-electron chi connectivity index (χ3n) is 1.75. The Hall–Kier alpha value is -0.660. The van der Waals surface area contributed by atoms with E-state index in [1.807, 2.05) is 0 Å². The van der Waals surface area contributed by atoms with Gasteiger partial charge in [-0.25, -0.2) is 4.39 Å². The fraction of sp³-hybridized carbons (Fsp3) is 0.222. The van der Waals surface area contributed by atoms with Crippen molar-refractivity contribution in [2.24, 2.45) is 0 Å². The molecule has 0 aliphatic heterocycles. The van der Waals surface area contributed by atoms with Crippen LogP contribution in [0.4, 0.5) is 17.6 Å². The highest BCUT2D eigenvalue weighted by molar-refractivity contribution is 14.1.